The molecule has 0 spiro atoms. The molecule has 2 aromatic carbocycles. The van der Waals surface area contributed by atoms with Gasteiger partial charge in [0, 0.05) is 6.07 Å². The Bertz CT molecular complexity index is 1030. The Labute approximate surface area is 175 Å². The first-order valence-corrected chi connectivity index (χ1v) is 9.48. The maximum atomic E-state index is 12.4. The summed E-state index contributed by atoms with van der Waals surface area (Å²) in [6.45, 7) is 5.73. The Morgan fingerprint density at radius 1 is 1.10 bits per heavy atom. The molecule has 0 unspecified atom stereocenters. The first-order valence-electron chi connectivity index (χ1n) is 9.48. The van der Waals surface area contributed by atoms with E-state index in [9.17, 15) is 4.79 Å². The van der Waals surface area contributed by atoms with Crippen LogP contribution in [0.15, 0.2) is 40.9 Å². The zero-order chi connectivity index (χ0) is 21.7. The molecule has 0 fully saturated rings. The van der Waals surface area contributed by atoms with E-state index < -0.39 is 6.10 Å². The first kappa shape index (κ1) is 21.2. The number of carbonyl (C=O) groups is 1. The van der Waals surface area contributed by atoms with Crippen LogP contribution < -0.4 is 19.5 Å². The fourth-order valence-electron chi connectivity index (χ4n) is 2.90. The standard InChI is InChI=1S/C22H25N3O5/c1-13-6-9-18(14(2)10-13)29-15(3)22(26)23-12-20-24-21(25-30-20)17-8-7-16(27-4)11-19(17)28-5/h6-11,15H,12H2,1-5H3,(H,23,26)/t15-/m1/s1. The molecule has 158 valence electrons. The molecule has 30 heavy (non-hydrogen) atoms. The predicted octanol–water partition coefficient (Wildman–Crippen LogP) is 3.45. The molecule has 3 rings (SSSR count). The highest BCUT2D eigenvalue weighted by Gasteiger charge is 2.18. The monoisotopic (exact) mass is 411 g/mol. The number of nitrogens with zero attached hydrogens (tertiary/aromatic N) is 2. The smallest absolute Gasteiger partial charge is 0.261 e. The quantitative estimate of drug-likeness (QED) is 0.606. The predicted molar refractivity (Wildman–Crippen MR) is 111 cm³/mol. The van der Waals surface area contributed by atoms with Crippen LogP contribution >= 0.6 is 0 Å². The van der Waals surface area contributed by atoms with Crippen molar-refractivity contribution >= 4 is 5.91 Å². The molecule has 1 atom stereocenters. The molecule has 8 nitrogen and oxygen atoms in total. The Morgan fingerprint density at radius 2 is 1.90 bits per heavy atom. The van der Waals surface area contributed by atoms with Crippen molar-refractivity contribution in [3.63, 3.8) is 0 Å². The molecule has 1 aromatic heterocycles. The molecule has 3 aromatic rings. The second-order valence-corrected chi connectivity index (χ2v) is 6.82. The second-order valence-electron chi connectivity index (χ2n) is 6.82. The summed E-state index contributed by atoms with van der Waals surface area (Å²) in [5.74, 6) is 2.24. The molecule has 0 bridgehead atoms. The third kappa shape index (κ3) is 4.89. The minimum atomic E-state index is -0.671. The third-order valence-electron chi connectivity index (χ3n) is 4.53. The van der Waals surface area contributed by atoms with Crippen molar-refractivity contribution in [1.82, 2.24) is 15.5 Å². The van der Waals surface area contributed by atoms with Crippen molar-refractivity contribution in [2.24, 2.45) is 0 Å². The minimum Gasteiger partial charge on any atom is -0.497 e. The van der Waals surface area contributed by atoms with Crippen molar-refractivity contribution in [1.29, 1.82) is 0 Å². The molecular formula is C22H25N3O5. The van der Waals surface area contributed by atoms with Gasteiger partial charge in [-0.25, -0.2) is 0 Å². The van der Waals surface area contributed by atoms with Gasteiger partial charge in [0.1, 0.15) is 17.2 Å². The fourth-order valence-corrected chi connectivity index (χ4v) is 2.90. The zero-order valence-electron chi connectivity index (χ0n) is 17.7. The van der Waals surface area contributed by atoms with Crippen LogP contribution in [0.5, 0.6) is 17.2 Å². The Kier molecular flexibility index (Phi) is 6.56. The molecule has 0 aliphatic rings. The summed E-state index contributed by atoms with van der Waals surface area (Å²) in [6.07, 6.45) is -0.671. The molecule has 8 heteroatoms. The maximum Gasteiger partial charge on any atom is 0.261 e. The largest absolute Gasteiger partial charge is 0.497 e. The Morgan fingerprint density at radius 3 is 2.60 bits per heavy atom. The molecule has 0 radical (unpaired) electrons. The summed E-state index contributed by atoms with van der Waals surface area (Å²) in [4.78, 5) is 16.7. The second kappa shape index (κ2) is 9.30. The van der Waals surface area contributed by atoms with E-state index in [4.69, 9.17) is 18.7 Å². The van der Waals surface area contributed by atoms with Gasteiger partial charge in [-0.1, -0.05) is 22.9 Å². The summed E-state index contributed by atoms with van der Waals surface area (Å²) in [5.41, 5.74) is 2.77. The van der Waals surface area contributed by atoms with Gasteiger partial charge in [0.05, 0.1) is 26.3 Å². The minimum absolute atomic E-state index is 0.0882. The van der Waals surface area contributed by atoms with Gasteiger partial charge in [0.2, 0.25) is 11.7 Å². The number of methoxy groups -OCH3 is 2. The third-order valence-corrected chi connectivity index (χ3v) is 4.53. The average molecular weight is 411 g/mol. The van der Waals surface area contributed by atoms with Crippen molar-refractivity contribution in [2.75, 3.05) is 14.2 Å². The van der Waals surface area contributed by atoms with Gasteiger partial charge in [-0.05, 0) is 44.5 Å². The van der Waals surface area contributed by atoms with Crippen molar-refractivity contribution < 1.29 is 23.5 Å². The number of benzene rings is 2. The topological polar surface area (TPSA) is 95.7 Å². The van der Waals surface area contributed by atoms with Crippen LogP contribution in [0.1, 0.15) is 23.9 Å². The summed E-state index contributed by atoms with van der Waals surface area (Å²) in [5, 5.41) is 6.72. The molecule has 0 aliphatic heterocycles. The number of hydrogen-bond acceptors (Lipinski definition) is 7. The van der Waals surface area contributed by atoms with Crippen molar-refractivity contribution in [3.8, 4) is 28.6 Å². The molecule has 1 heterocycles. The van der Waals surface area contributed by atoms with Crippen molar-refractivity contribution in [2.45, 2.75) is 33.4 Å². The SMILES string of the molecule is COc1ccc(-c2noc(CNC(=O)[C@@H](C)Oc3ccc(C)cc3C)n2)c(OC)c1. The Balaban J connectivity index is 1.61. The molecule has 0 saturated carbocycles. The fraction of sp³-hybridized carbons (Fsp3) is 0.318. The normalized spacial score (nSPS) is 11.6. The van der Waals surface area contributed by atoms with Crippen LogP contribution in [-0.2, 0) is 11.3 Å². The lowest BCUT2D eigenvalue weighted by Crippen LogP contribution is -2.36. The lowest BCUT2D eigenvalue weighted by atomic mass is 10.1. The van der Waals surface area contributed by atoms with Crippen molar-refractivity contribution in [3.05, 3.63) is 53.4 Å². The summed E-state index contributed by atoms with van der Waals surface area (Å²) in [7, 11) is 3.13. The highest BCUT2D eigenvalue weighted by Crippen LogP contribution is 2.31. The molecule has 1 N–H and O–H groups in total. The van der Waals surface area contributed by atoms with Gasteiger partial charge in [0.25, 0.3) is 5.91 Å². The summed E-state index contributed by atoms with van der Waals surface area (Å²) < 4.78 is 21.6. The van der Waals surface area contributed by atoms with Crippen LogP contribution in [0.3, 0.4) is 0 Å². The maximum absolute atomic E-state index is 12.4. The zero-order valence-corrected chi connectivity index (χ0v) is 17.7. The van der Waals surface area contributed by atoms with E-state index in [1.54, 1.807) is 39.3 Å². The van der Waals surface area contributed by atoms with Crippen LogP contribution in [0.4, 0.5) is 0 Å². The van der Waals surface area contributed by atoms with E-state index >= 15 is 0 Å². The lowest BCUT2D eigenvalue weighted by Gasteiger charge is -2.16. The number of carbonyl (C=O) groups excluding carboxylic acids is 1. The van der Waals surface area contributed by atoms with E-state index in [2.05, 4.69) is 15.5 Å². The van der Waals surface area contributed by atoms with Gasteiger partial charge in [0.15, 0.2) is 6.10 Å². The van der Waals surface area contributed by atoms with Gasteiger partial charge in [-0.3, -0.25) is 4.79 Å². The summed E-state index contributed by atoms with van der Waals surface area (Å²) >= 11 is 0. The number of hydrogen-bond donors (Lipinski definition) is 1. The number of aryl methyl sites for hydroxylation is 2. The summed E-state index contributed by atoms with van der Waals surface area (Å²) in [6, 6.07) is 11.1. The van der Waals surface area contributed by atoms with Gasteiger partial charge in [-0.2, -0.15) is 4.98 Å². The first-order chi connectivity index (χ1) is 14.4. The molecule has 1 amide bonds. The van der Waals surface area contributed by atoms with E-state index in [1.807, 2.05) is 32.0 Å². The van der Waals surface area contributed by atoms with Gasteiger partial charge >= 0.3 is 0 Å². The number of rotatable bonds is 8. The number of aromatic nitrogens is 2. The lowest BCUT2D eigenvalue weighted by molar-refractivity contribution is -0.127. The number of nitrogens with one attached hydrogen (secondary N) is 1. The van der Waals surface area contributed by atoms with E-state index in [1.165, 1.54) is 0 Å². The van der Waals surface area contributed by atoms with Crippen LogP contribution in [0.25, 0.3) is 11.4 Å². The van der Waals surface area contributed by atoms with E-state index in [0.717, 1.165) is 11.1 Å². The highest BCUT2D eigenvalue weighted by molar-refractivity contribution is 5.80. The van der Waals surface area contributed by atoms with E-state index in [0.29, 0.717) is 28.6 Å². The van der Waals surface area contributed by atoms with Crippen LogP contribution in [-0.4, -0.2) is 36.4 Å². The average Bonchev–Trinajstić information content (AvgIpc) is 3.22. The molecule has 0 saturated heterocycles. The van der Waals surface area contributed by atoms with Gasteiger partial charge in [-0.15, -0.1) is 0 Å². The number of ether oxygens (including phenoxy) is 3. The highest BCUT2D eigenvalue weighted by atomic mass is 16.5. The van der Waals surface area contributed by atoms with Gasteiger partial charge < -0.3 is 24.1 Å². The molecular weight excluding hydrogens is 386 g/mol. The van der Waals surface area contributed by atoms with Crippen LogP contribution in [0, 0.1) is 13.8 Å². The molecule has 0 aliphatic carbocycles. The number of amides is 1. The van der Waals surface area contributed by atoms with E-state index in [-0.39, 0.29) is 18.3 Å². The Hall–Kier alpha value is -3.55. The van der Waals surface area contributed by atoms with Crippen LogP contribution in [0.2, 0.25) is 0 Å².